The first-order chi connectivity index (χ1) is 14.5. The number of hydrogen-bond donors (Lipinski definition) is 1. The van der Waals surface area contributed by atoms with E-state index in [2.05, 4.69) is 20.4 Å². The van der Waals surface area contributed by atoms with Gasteiger partial charge in [-0.2, -0.15) is 0 Å². The Morgan fingerprint density at radius 3 is 2.74 bits per heavy atom. The van der Waals surface area contributed by atoms with Crippen LogP contribution in [-0.2, 0) is 33.3 Å². The molecule has 0 aromatic heterocycles. The smallest absolute Gasteiger partial charge is 0.336 e. The van der Waals surface area contributed by atoms with Crippen LogP contribution in [0.25, 0.3) is 0 Å². The van der Waals surface area contributed by atoms with E-state index in [-0.39, 0.29) is 24.2 Å². The number of ether oxygens (including phenoxy) is 5. The highest BCUT2D eigenvalue weighted by Gasteiger charge is 2.81. The van der Waals surface area contributed by atoms with Gasteiger partial charge in [0, 0.05) is 17.6 Å². The first kappa shape index (κ1) is 22.5. The minimum Gasteiger partial charge on any atom is -0.453 e. The zero-order valence-corrected chi connectivity index (χ0v) is 18.9. The summed E-state index contributed by atoms with van der Waals surface area (Å²) < 4.78 is 29.3. The van der Waals surface area contributed by atoms with E-state index in [1.165, 1.54) is 6.92 Å². The zero-order valence-electron chi connectivity index (χ0n) is 18.9. The first-order valence-corrected chi connectivity index (χ1v) is 11.0. The van der Waals surface area contributed by atoms with Crippen molar-refractivity contribution in [2.24, 2.45) is 11.3 Å². The molecule has 4 rings (SSSR count). The van der Waals surface area contributed by atoms with Gasteiger partial charge >= 0.3 is 11.9 Å². The molecule has 8 heteroatoms. The number of esters is 2. The Bertz CT molecular complexity index is 847. The Hall–Kier alpha value is -1.74. The van der Waals surface area contributed by atoms with Crippen LogP contribution in [0.15, 0.2) is 23.3 Å². The lowest BCUT2D eigenvalue weighted by molar-refractivity contribution is -0.244. The molecule has 3 fully saturated rings. The van der Waals surface area contributed by atoms with E-state index < -0.39 is 41.1 Å². The van der Waals surface area contributed by atoms with Crippen molar-refractivity contribution in [3.8, 4) is 0 Å². The van der Waals surface area contributed by atoms with E-state index in [4.69, 9.17) is 23.7 Å². The lowest BCUT2D eigenvalue weighted by Crippen LogP contribution is -2.65. The van der Waals surface area contributed by atoms with Crippen LogP contribution in [0, 0.1) is 11.3 Å². The Balaban J connectivity index is 1.76. The van der Waals surface area contributed by atoms with Crippen LogP contribution in [0.2, 0.25) is 0 Å². The Labute approximate surface area is 182 Å². The standard InChI is InChI=1S/C23H32O8/c1-7-28-23-11-22-16(30-22)9-8-13(3)21(22,6)18(17(23)14(4)20(26)31-23)29-19(25)12(2)10-27-15(5)24/h13,15-16,18,24H,2,7-11H2,1,3-6H3/t13-,15?,16+,18+,21-,22+,23-/m0/s1. The molecule has 1 spiro atoms. The summed E-state index contributed by atoms with van der Waals surface area (Å²) in [5.41, 5.74) is -0.124. The van der Waals surface area contributed by atoms with E-state index in [0.29, 0.717) is 24.2 Å². The molecule has 31 heavy (non-hydrogen) atoms. The normalized spacial score (nSPS) is 41.6. The molecule has 0 amide bonds. The molecule has 2 aliphatic heterocycles. The van der Waals surface area contributed by atoms with Crippen LogP contribution in [0.3, 0.4) is 0 Å². The number of aliphatic hydroxyl groups excluding tert-OH is 1. The highest BCUT2D eigenvalue weighted by atomic mass is 16.7. The largest absolute Gasteiger partial charge is 0.453 e. The van der Waals surface area contributed by atoms with E-state index in [9.17, 15) is 14.7 Å². The minimum atomic E-state index is -1.30. The van der Waals surface area contributed by atoms with E-state index in [1.807, 2.05) is 6.92 Å². The number of epoxide rings is 1. The van der Waals surface area contributed by atoms with Crippen LogP contribution < -0.4 is 0 Å². The molecule has 0 bridgehead atoms. The van der Waals surface area contributed by atoms with Gasteiger partial charge in [-0.25, -0.2) is 9.59 Å². The molecular formula is C23H32O8. The molecule has 7 atom stereocenters. The van der Waals surface area contributed by atoms with Crippen molar-refractivity contribution >= 4 is 11.9 Å². The van der Waals surface area contributed by atoms with Gasteiger partial charge in [-0.15, -0.1) is 0 Å². The fraction of sp³-hybridized carbons (Fsp3) is 0.739. The third-order valence-electron chi connectivity index (χ3n) is 7.68. The quantitative estimate of drug-likeness (QED) is 0.281. The van der Waals surface area contributed by atoms with Crippen molar-refractivity contribution in [2.75, 3.05) is 13.2 Å². The zero-order chi connectivity index (χ0) is 22.8. The van der Waals surface area contributed by atoms with Crippen LogP contribution >= 0.6 is 0 Å². The van der Waals surface area contributed by atoms with E-state index in [1.54, 1.807) is 6.92 Å². The molecule has 2 heterocycles. The number of hydrogen-bond acceptors (Lipinski definition) is 8. The van der Waals surface area contributed by atoms with E-state index >= 15 is 0 Å². The lowest BCUT2D eigenvalue weighted by Gasteiger charge is -2.55. The second-order valence-corrected chi connectivity index (χ2v) is 9.35. The van der Waals surface area contributed by atoms with E-state index in [0.717, 1.165) is 12.8 Å². The SMILES string of the molecule is C=C(COC(C)O)C(=O)O[C@@H]1C2=C(C)C(=O)O[C@@]2(OCC)C[C@@]23O[C@@H]2CC[C@H](C)[C@@]13C. The van der Waals surface area contributed by atoms with Crippen LogP contribution in [-0.4, -0.2) is 60.1 Å². The fourth-order valence-corrected chi connectivity index (χ4v) is 5.82. The highest BCUT2D eigenvalue weighted by molar-refractivity contribution is 5.93. The van der Waals surface area contributed by atoms with Gasteiger partial charge in [-0.1, -0.05) is 20.4 Å². The maximum absolute atomic E-state index is 13.0. The summed E-state index contributed by atoms with van der Waals surface area (Å²) in [6.45, 7) is 13.1. The van der Waals surface area contributed by atoms with Gasteiger partial charge < -0.3 is 28.8 Å². The predicted octanol–water partition coefficient (Wildman–Crippen LogP) is 2.39. The summed E-state index contributed by atoms with van der Waals surface area (Å²) in [6.07, 6.45) is 0.408. The molecular weight excluding hydrogens is 404 g/mol. The molecule has 0 radical (unpaired) electrons. The lowest BCUT2D eigenvalue weighted by atomic mass is 9.51. The third-order valence-corrected chi connectivity index (χ3v) is 7.68. The fourth-order valence-electron chi connectivity index (χ4n) is 5.82. The summed E-state index contributed by atoms with van der Waals surface area (Å²) in [4.78, 5) is 25.7. The topological polar surface area (TPSA) is 104 Å². The van der Waals surface area contributed by atoms with Crippen molar-refractivity contribution in [3.63, 3.8) is 0 Å². The van der Waals surface area contributed by atoms with Crippen molar-refractivity contribution < 1.29 is 38.4 Å². The molecule has 8 nitrogen and oxygen atoms in total. The van der Waals surface area contributed by atoms with Gasteiger partial charge in [0.2, 0.25) is 5.79 Å². The molecule has 4 aliphatic rings. The number of aliphatic hydroxyl groups is 1. The second kappa shape index (κ2) is 7.40. The molecule has 1 N–H and O–H groups in total. The maximum Gasteiger partial charge on any atom is 0.336 e. The Morgan fingerprint density at radius 2 is 2.10 bits per heavy atom. The number of fused-ring (bicyclic) bond motifs is 1. The summed E-state index contributed by atoms with van der Waals surface area (Å²) in [7, 11) is 0. The van der Waals surface area contributed by atoms with Gasteiger partial charge in [0.1, 0.15) is 11.7 Å². The van der Waals surface area contributed by atoms with Crippen LogP contribution in [0.1, 0.15) is 53.9 Å². The third kappa shape index (κ3) is 3.10. The minimum absolute atomic E-state index is 0.00941. The van der Waals surface area contributed by atoms with Crippen LogP contribution in [0.4, 0.5) is 0 Å². The monoisotopic (exact) mass is 436 g/mol. The van der Waals surface area contributed by atoms with Gasteiger partial charge in [0.25, 0.3) is 0 Å². The Kier molecular flexibility index (Phi) is 5.36. The maximum atomic E-state index is 13.0. The van der Waals surface area contributed by atoms with Gasteiger partial charge in [-0.05, 0) is 39.5 Å². The molecule has 0 aromatic rings. The average molecular weight is 437 g/mol. The number of carbonyl (C=O) groups is 2. The summed E-state index contributed by atoms with van der Waals surface area (Å²) >= 11 is 0. The summed E-state index contributed by atoms with van der Waals surface area (Å²) in [5, 5.41) is 9.34. The molecule has 2 saturated carbocycles. The predicted molar refractivity (Wildman–Crippen MR) is 109 cm³/mol. The van der Waals surface area contributed by atoms with Crippen molar-refractivity contribution in [1.29, 1.82) is 0 Å². The van der Waals surface area contributed by atoms with Gasteiger partial charge in [0.15, 0.2) is 6.29 Å². The summed E-state index contributed by atoms with van der Waals surface area (Å²) in [5.74, 6) is -2.25. The van der Waals surface area contributed by atoms with Gasteiger partial charge in [0.05, 0.1) is 30.3 Å². The number of rotatable bonds is 7. The van der Waals surface area contributed by atoms with Crippen molar-refractivity contribution in [2.45, 2.75) is 83.8 Å². The molecule has 172 valence electrons. The van der Waals surface area contributed by atoms with Gasteiger partial charge in [-0.3, -0.25) is 0 Å². The van der Waals surface area contributed by atoms with Crippen LogP contribution in [0.5, 0.6) is 0 Å². The molecule has 1 saturated heterocycles. The molecule has 0 aromatic carbocycles. The van der Waals surface area contributed by atoms with Crippen molar-refractivity contribution in [1.82, 2.24) is 0 Å². The van der Waals surface area contributed by atoms with Crippen molar-refractivity contribution in [3.05, 3.63) is 23.3 Å². The molecule has 2 aliphatic carbocycles. The average Bonchev–Trinajstić information content (AvgIpc) is 3.35. The second-order valence-electron chi connectivity index (χ2n) is 9.35. The first-order valence-electron chi connectivity index (χ1n) is 11.0. The Morgan fingerprint density at radius 1 is 1.39 bits per heavy atom. The molecule has 1 unspecified atom stereocenters. The number of carbonyl (C=O) groups excluding carboxylic acids is 2. The highest BCUT2D eigenvalue weighted by Crippen LogP contribution is 2.71. The summed E-state index contributed by atoms with van der Waals surface area (Å²) in [6, 6.07) is 0.